The van der Waals surface area contributed by atoms with Gasteiger partial charge in [0, 0.05) is 18.9 Å². The molecule has 1 aromatic carbocycles. The zero-order chi connectivity index (χ0) is 13.7. The van der Waals surface area contributed by atoms with Crippen LogP contribution in [0.2, 0.25) is 0 Å². The first-order valence-corrected chi connectivity index (χ1v) is 5.87. The summed E-state index contributed by atoms with van der Waals surface area (Å²) in [5.74, 6) is 0.128. The van der Waals surface area contributed by atoms with Gasteiger partial charge in [-0.15, -0.1) is 0 Å². The fourth-order valence-electron chi connectivity index (χ4n) is 1.59. The Balaban J connectivity index is 1.88. The molecule has 0 aliphatic rings. The number of aromatic nitrogens is 2. The van der Waals surface area contributed by atoms with Gasteiger partial charge in [-0.25, -0.2) is 0 Å². The molecule has 0 saturated carbocycles. The molecule has 1 heterocycles. The van der Waals surface area contributed by atoms with E-state index in [4.69, 9.17) is 10.5 Å². The van der Waals surface area contributed by atoms with Crippen LogP contribution in [0.4, 0.5) is 5.69 Å². The van der Waals surface area contributed by atoms with Crippen molar-refractivity contribution < 1.29 is 9.53 Å². The maximum atomic E-state index is 10.6. The number of anilines is 1. The van der Waals surface area contributed by atoms with Crippen LogP contribution in [0.1, 0.15) is 5.69 Å². The second-order valence-corrected chi connectivity index (χ2v) is 4.08. The lowest BCUT2D eigenvalue weighted by molar-refractivity contribution is -0.119. The van der Waals surface area contributed by atoms with Crippen molar-refractivity contribution in [2.75, 3.05) is 11.9 Å². The van der Waals surface area contributed by atoms with E-state index in [1.165, 1.54) is 0 Å². The normalized spacial score (nSPS) is 10.2. The van der Waals surface area contributed by atoms with Gasteiger partial charge in [0.15, 0.2) is 6.61 Å². The Labute approximate surface area is 111 Å². The number of benzene rings is 1. The third-order valence-electron chi connectivity index (χ3n) is 2.63. The Bertz CT molecular complexity index is 548. The predicted octanol–water partition coefficient (Wildman–Crippen LogP) is 0.896. The molecule has 19 heavy (non-hydrogen) atoms. The summed E-state index contributed by atoms with van der Waals surface area (Å²) in [5, 5.41) is 7.37. The van der Waals surface area contributed by atoms with Gasteiger partial charge in [0.25, 0.3) is 5.91 Å². The van der Waals surface area contributed by atoms with Gasteiger partial charge < -0.3 is 15.8 Å². The first kappa shape index (κ1) is 12.9. The summed E-state index contributed by atoms with van der Waals surface area (Å²) in [5.41, 5.74) is 7.06. The minimum Gasteiger partial charge on any atom is -0.484 e. The number of nitrogens with one attached hydrogen (secondary N) is 1. The summed E-state index contributed by atoms with van der Waals surface area (Å²) >= 11 is 0. The SMILES string of the molecule is Cn1nccc1CNc1ccc(OCC(N)=O)cc1. The van der Waals surface area contributed by atoms with Crippen molar-refractivity contribution in [3.63, 3.8) is 0 Å². The lowest BCUT2D eigenvalue weighted by Crippen LogP contribution is -2.19. The van der Waals surface area contributed by atoms with Crippen LogP contribution in [-0.2, 0) is 18.4 Å². The topological polar surface area (TPSA) is 82.2 Å². The number of hydrogen-bond donors (Lipinski definition) is 2. The van der Waals surface area contributed by atoms with E-state index >= 15 is 0 Å². The Hall–Kier alpha value is -2.50. The zero-order valence-electron chi connectivity index (χ0n) is 10.7. The van der Waals surface area contributed by atoms with Gasteiger partial charge in [0.1, 0.15) is 5.75 Å². The lowest BCUT2D eigenvalue weighted by atomic mass is 10.3. The first-order valence-electron chi connectivity index (χ1n) is 5.87. The van der Waals surface area contributed by atoms with Gasteiger partial charge in [0.2, 0.25) is 0 Å². The molecule has 0 bridgehead atoms. The fraction of sp³-hybridized carbons (Fsp3) is 0.231. The number of nitrogens with two attached hydrogens (primary N) is 1. The summed E-state index contributed by atoms with van der Waals surface area (Å²) in [6, 6.07) is 9.29. The minimum atomic E-state index is -0.488. The van der Waals surface area contributed by atoms with Crippen molar-refractivity contribution >= 4 is 11.6 Å². The number of nitrogens with zero attached hydrogens (tertiary/aromatic N) is 2. The van der Waals surface area contributed by atoms with Gasteiger partial charge in [-0.05, 0) is 30.3 Å². The standard InChI is InChI=1S/C13H16N4O2/c1-17-11(6-7-16-17)8-15-10-2-4-12(5-3-10)19-9-13(14)18/h2-7,15H,8-9H2,1H3,(H2,14,18). The number of amides is 1. The van der Waals surface area contributed by atoms with Gasteiger partial charge in [-0.2, -0.15) is 5.10 Å². The smallest absolute Gasteiger partial charge is 0.255 e. The highest BCUT2D eigenvalue weighted by Crippen LogP contribution is 2.16. The van der Waals surface area contributed by atoms with Crippen molar-refractivity contribution in [1.29, 1.82) is 0 Å². The molecule has 100 valence electrons. The van der Waals surface area contributed by atoms with E-state index in [0.29, 0.717) is 12.3 Å². The second-order valence-electron chi connectivity index (χ2n) is 4.08. The van der Waals surface area contributed by atoms with E-state index < -0.39 is 5.91 Å². The molecule has 0 aliphatic heterocycles. The molecular formula is C13H16N4O2. The van der Waals surface area contributed by atoms with Crippen LogP contribution in [0, 0.1) is 0 Å². The Morgan fingerprint density at radius 2 is 2.11 bits per heavy atom. The lowest BCUT2D eigenvalue weighted by Gasteiger charge is -2.08. The van der Waals surface area contributed by atoms with E-state index in [1.807, 2.05) is 29.9 Å². The number of primary amides is 1. The number of hydrogen-bond acceptors (Lipinski definition) is 4. The highest BCUT2D eigenvalue weighted by atomic mass is 16.5. The molecule has 2 rings (SSSR count). The van der Waals surface area contributed by atoms with E-state index in [0.717, 1.165) is 11.4 Å². The van der Waals surface area contributed by atoms with Crippen LogP contribution in [0.15, 0.2) is 36.5 Å². The molecule has 0 fully saturated rings. The van der Waals surface area contributed by atoms with Crippen LogP contribution < -0.4 is 15.8 Å². The average Bonchev–Trinajstić information content (AvgIpc) is 2.81. The highest BCUT2D eigenvalue weighted by molar-refractivity contribution is 5.75. The maximum absolute atomic E-state index is 10.6. The number of aryl methyl sites for hydroxylation is 1. The zero-order valence-corrected chi connectivity index (χ0v) is 10.7. The van der Waals surface area contributed by atoms with Crippen molar-refractivity contribution in [2.24, 2.45) is 12.8 Å². The quantitative estimate of drug-likeness (QED) is 0.808. The molecule has 3 N–H and O–H groups in total. The third-order valence-corrected chi connectivity index (χ3v) is 2.63. The minimum absolute atomic E-state index is 0.109. The number of rotatable bonds is 6. The van der Waals surface area contributed by atoms with Crippen molar-refractivity contribution in [1.82, 2.24) is 9.78 Å². The molecule has 6 nitrogen and oxygen atoms in total. The summed E-state index contributed by atoms with van der Waals surface area (Å²) in [4.78, 5) is 10.6. The van der Waals surface area contributed by atoms with Crippen LogP contribution in [0.25, 0.3) is 0 Å². The first-order chi connectivity index (χ1) is 9.15. The van der Waals surface area contributed by atoms with E-state index in [-0.39, 0.29) is 6.61 Å². The molecule has 0 spiro atoms. The molecule has 0 radical (unpaired) electrons. The summed E-state index contributed by atoms with van der Waals surface area (Å²) in [6.07, 6.45) is 1.76. The Kier molecular flexibility index (Phi) is 4.02. The van der Waals surface area contributed by atoms with E-state index in [9.17, 15) is 4.79 Å². The Morgan fingerprint density at radius 3 is 2.68 bits per heavy atom. The van der Waals surface area contributed by atoms with Crippen LogP contribution in [0.5, 0.6) is 5.75 Å². The molecule has 0 saturated heterocycles. The molecule has 0 unspecified atom stereocenters. The number of carbonyl (C=O) groups excluding carboxylic acids is 1. The number of carbonyl (C=O) groups is 1. The van der Waals surface area contributed by atoms with Gasteiger partial charge >= 0.3 is 0 Å². The van der Waals surface area contributed by atoms with Crippen LogP contribution in [-0.4, -0.2) is 22.3 Å². The molecular weight excluding hydrogens is 244 g/mol. The average molecular weight is 260 g/mol. The predicted molar refractivity (Wildman–Crippen MR) is 71.7 cm³/mol. The Morgan fingerprint density at radius 1 is 1.37 bits per heavy atom. The number of ether oxygens (including phenoxy) is 1. The van der Waals surface area contributed by atoms with Crippen molar-refractivity contribution in [3.05, 3.63) is 42.2 Å². The molecule has 0 atom stereocenters. The third kappa shape index (κ3) is 3.74. The highest BCUT2D eigenvalue weighted by Gasteiger charge is 2.00. The molecule has 0 aliphatic carbocycles. The molecule has 1 amide bonds. The fourth-order valence-corrected chi connectivity index (χ4v) is 1.59. The second kappa shape index (κ2) is 5.90. The molecule has 6 heteroatoms. The van der Waals surface area contributed by atoms with E-state index in [2.05, 4.69) is 10.4 Å². The van der Waals surface area contributed by atoms with Gasteiger partial charge in [-0.1, -0.05) is 0 Å². The summed E-state index contributed by atoms with van der Waals surface area (Å²) in [6.45, 7) is 0.583. The van der Waals surface area contributed by atoms with Gasteiger partial charge in [0.05, 0.1) is 12.2 Å². The monoisotopic (exact) mass is 260 g/mol. The maximum Gasteiger partial charge on any atom is 0.255 e. The van der Waals surface area contributed by atoms with Crippen molar-refractivity contribution in [2.45, 2.75) is 6.54 Å². The van der Waals surface area contributed by atoms with Gasteiger partial charge in [-0.3, -0.25) is 9.48 Å². The largest absolute Gasteiger partial charge is 0.484 e. The van der Waals surface area contributed by atoms with Crippen LogP contribution >= 0.6 is 0 Å². The summed E-state index contributed by atoms with van der Waals surface area (Å²) in [7, 11) is 1.90. The van der Waals surface area contributed by atoms with Crippen LogP contribution in [0.3, 0.4) is 0 Å². The molecule has 1 aromatic heterocycles. The molecule has 2 aromatic rings. The van der Waals surface area contributed by atoms with E-state index in [1.54, 1.807) is 18.3 Å². The summed E-state index contributed by atoms with van der Waals surface area (Å²) < 4.78 is 6.99. The van der Waals surface area contributed by atoms with Crippen molar-refractivity contribution in [3.8, 4) is 5.75 Å².